The zero-order chi connectivity index (χ0) is 17.1. The summed E-state index contributed by atoms with van der Waals surface area (Å²) in [5, 5.41) is 16.2. The van der Waals surface area contributed by atoms with Crippen LogP contribution in [0.3, 0.4) is 0 Å². The van der Waals surface area contributed by atoms with Crippen molar-refractivity contribution in [1.29, 1.82) is 0 Å². The third kappa shape index (κ3) is 7.08. The van der Waals surface area contributed by atoms with Crippen LogP contribution in [0.2, 0.25) is 0 Å². The first-order chi connectivity index (χ1) is 11.1. The summed E-state index contributed by atoms with van der Waals surface area (Å²) < 4.78 is 0. The highest BCUT2D eigenvalue weighted by atomic mass is 16.3. The van der Waals surface area contributed by atoms with Crippen LogP contribution in [0.25, 0.3) is 0 Å². The zero-order valence-corrected chi connectivity index (χ0v) is 15.7. The van der Waals surface area contributed by atoms with Crippen molar-refractivity contribution in [3.63, 3.8) is 0 Å². The number of hydrogen-bond donors (Lipinski definition) is 3. The van der Waals surface area contributed by atoms with Gasteiger partial charge in [0.05, 0.1) is 0 Å². The van der Waals surface area contributed by atoms with Gasteiger partial charge in [0.15, 0.2) is 5.96 Å². The Morgan fingerprint density at radius 3 is 2.57 bits per heavy atom. The van der Waals surface area contributed by atoms with E-state index in [-0.39, 0.29) is 12.0 Å². The van der Waals surface area contributed by atoms with Gasteiger partial charge in [0.2, 0.25) is 0 Å². The molecule has 0 amide bonds. The molecule has 3 N–H and O–H groups in total. The number of aliphatic hydroxyl groups is 1. The Balaban J connectivity index is 2.57. The van der Waals surface area contributed by atoms with Crippen LogP contribution in [0.15, 0.2) is 4.99 Å². The molecule has 1 rings (SSSR count). The van der Waals surface area contributed by atoms with Gasteiger partial charge in [0, 0.05) is 32.8 Å². The molecule has 0 aromatic rings. The van der Waals surface area contributed by atoms with Crippen molar-refractivity contribution in [3.8, 4) is 0 Å². The van der Waals surface area contributed by atoms with Crippen molar-refractivity contribution >= 4 is 5.96 Å². The Kier molecular flexibility index (Phi) is 9.56. The molecule has 0 radical (unpaired) electrons. The fourth-order valence-electron chi connectivity index (χ4n) is 3.41. The van der Waals surface area contributed by atoms with E-state index in [9.17, 15) is 5.11 Å². The van der Waals surface area contributed by atoms with Crippen LogP contribution in [-0.2, 0) is 0 Å². The van der Waals surface area contributed by atoms with E-state index in [0.29, 0.717) is 5.92 Å². The minimum absolute atomic E-state index is 0.127. The van der Waals surface area contributed by atoms with Gasteiger partial charge in [-0.2, -0.15) is 0 Å². The maximum atomic E-state index is 9.35. The largest absolute Gasteiger partial charge is 0.396 e. The van der Waals surface area contributed by atoms with E-state index >= 15 is 0 Å². The lowest BCUT2D eigenvalue weighted by Gasteiger charge is -2.31. The summed E-state index contributed by atoms with van der Waals surface area (Å²) >= 11 is 0. The maximum Gasteiger partial charge on any atom is 0.191 e. The number of aliphatic imine (C=N–C) groups is 1. The quantitative estimate of drug-likeness (QED) is 0.448. The highest BCUT2D eigenvalue weighted by Crippen LogP contribution is 2.30. The maximum absolute atomic E-state index is 9.35. The van der Waals surface area contributed by atoms with Crippen LogP contribution < -0.4 is 10.6 Å². The van der Waals surface area contributed by atoms with Gasteiger partial charge in [-0.1, -0.05) is 13.8 Å². The Morgan fingerprint density at radius 1 is 1.26 bits per heavy atom. The predicted octanol–water partition coefficient (Wildman–Crippen LogP) is 2.07. The summed E-state index contributed by atoms with van der Waals surface area (Å²) in [5.41, 5.74) is 0.127. The average molecular weight is 327 g/mol. The SMILES string of the molecule is CCNC(=NCC(CC)(CC)CCO)NCC1CCCN(C)C1. The second-order valence-corrected chi connectivity index (χ2v) is 7.03. The first kappa shape index (κ1) is 20.2. The van der Waals surface area contributed by atoms with Crippen molar-refractivity contribution in [2.45, 2.75) is 52.9 Å². The molecule has 1 unspecified atom stereocenters. The van der Waals surface area contributed by atoms with Crippen molar-refractivity contribution in [2.24, 2.45) is 16.3 Å². The Morgan fingerprint density at radius 2 is 2.00 bits per heavy atom. The molecule has 0 saturated carbocycles. The van der Waals surface area contributed by atoms with Gasteiger partial charge in [-0.15, -0.1) is 0 Å². The molecule has 0 aliphatic carbocycles. The molecule has 0 aromatic heterocycles. The zero-order valence-electron chi connectivity index (χ0n) is 15.7. The van der Waals surface area contributed by atoms with Gasteiger partial charge in [-0.3, -0.25) is 4.99 Å². The van der Waals surface area contributed by atoms with E-state index in [1.807, 2.05) is 0 Å². The third-order valence-corrected chi connectivity index (χ3v) is 5.34. The molecule has 0 bridgehead atoms. The molecule has 1 fully saturated rings. The van der Waals surface area contributed by atoms with E-state index < -0.39 is 0 Å². The fraction of sp³-hybridized carbons (Fsp3) is 0.944. The molecule has 1 saturated heterocycles. The molecule has 1 atom stereocenters. The molecular formula is C18H38N4O. The van der Waals surface area contributed by atoms with Gasteiger partial charge < -0.3 is 20.6 Å². The highest BCUT2D eigenvalue weighted by Gasteiger charge is 2.25. The Hall–Kier alpha value is -0.810. The summed E-state index contributed by atoms with van der Waals surface area (Å²) in [7, 11) is 2.21. The van der Waals surface area contributed by atoms with E-state index in [4.69, 9.17) is 4.99 Å². The predicted molar refractivity (Wildman–Crippen MR) is 98.9 cm³/mol. The summed E-state index contributed by atoms with van der Waals surface area (Å²) in [6.07, 6.45) is 5.54. The molecule has 5 heteroatoms. The van der Waals surface area contributed by atoms with E-state index in [1.54, 1.807) is 0 Å². The Bertz CT molecular complexity index is 342. The van der Waals surface area contributed by atoms with Gasteiger partial charge in [0.25, 0.3) is 0 Å². The second kappa shape index (κ2) is 10.9. The molecule has 1 heterocycles. The van der Waals surface area contributed by atoms with Crippen molar-refractivity contribution < 1.29 is 5.11 Å². The van der Waals surface area contributed by atoms with E-state index in [2.05, 4.69) is 43.4 Å². The van der Waals surface area contributed by atoms with Crippen LogP contribution >= 0.6 is 0 Å². The van der Waals surface area contributed by atoms with Crippen LogP contribution in [0.1, 0.15) is 52.9 Å². The standard InChI is InChI=1S/C18H38N4O/c1-5-18(6-2,10-12-23)15-21-17(19-7-3)20-13-16-9-8-11-22(4)14-16/h16,23H,5-15H2,1-4H3,(H2,19,20,21). The number of piperidine rings is 1. The van der Waals surface area contributed by atoms with Crippen LogP contribution in [-0.4, -0.2) is 62.3 Å². The van der Waals surface area contributed by atoms with Crippen molar-refractivity contribution in [2.75, 3.05) is 46.4 Å². The number of guanidine groups is 1. The first-order valence-electron chi connectivity index (χ1n) is 9.40. The first-order valence-corrected chi connectivity index (χ1v) is 9.40. The lowest BCUT2D eigenvalue weighted by Crippen LogP contribution is -2.44. The molecule has 136 valence electrons. The number of rotatable bonds is 9. The van der Waals surface area contributed by atoms with Crippen molar-refractivity contribution in [3.05, 3.63) is 0 Å². The van der Waals surface area contributed by atoms with Crippen LogP contribution in [0.4, 0.5) is 0 Å². The second-order valence-electron chi connectivity index (χ2n) is 7.03. The molecule has 1 aliphatic rings. The molecule has 23 heavy (non-hydrogen) atoms. The summed E-state index contributed by atoms with van der Waals surface area (Å²) in [6.45, 7) is 11.8. The topological polar surface area (TPSA) is 59.9 Å². The minimum atomic E-state index is 0.127. The fourth-order valence-corrected chi connectivity index (χ4v) is 3.41. The van der Waals surface area contributed by atoms with E-state index in [1.165, 1.54) is 25.9 Å². The average Bonchev–Trinajstić information content (AvgIpc) is 2.56. The molecule has 0 aromatic carbocycles. The summed E-state index contributed by atoms with van der Waals surface area (Å²) in [4.78, 5) is 7.24. The van der Waals surface area contributed by atoms with Gasteiger partial charge in [0.1, 0.15) is 0 Å². The van der Waals surface area contributed by atoms with Gasteiger partial charge in [-0.05, 0) is 64.0 Å². The minimum Gasteiger partial charge on any atom is -0.396 e. The number of hydrogen-bond acceptors (Lipinski definition) is 3. The number of likely N-dealkylation sites (tertiary alicyclic amines) is 1. The van der Waals surface area contributed by atoms with Crippen molar-refractivity contribution in [1.82, 2.24) is 15.5 Å². The lowest BCUT2D eigenvalue weighted by atomic mass is 9.79. The van der Waals surface area contributed by atoms with Gasteiger partial charge in [-0.25, -0.2) is 0 Å². The number of nitrogens with zero attached hydrogens (tertiary/aromatic N) is 2. The molecule has 1 aliphatic heterocycles. The molecular weight excluding hydrogens is 288 g/mol. The Labute approximate surface area is 142 Å². The smallest absolute Gasteiger partial charge is 0.191 e. The van der Waals surface area contributed by atoms with Crippen LogP contribution in [0.5, 0.6) is 0 Å². The van der Waals surface area contributed by atoms with Crippen LogP contribution in [0, 0.1) is 11.3 Å². The molecule has 0 spiro atoms. The lowest BCUT2D eigenvalue weighted by molar-refractivity contribution is 0.175. The normalized spacial score (nSPS) is 20.6. The summed E-state index contributed by atoms with van der Waals surface area (Å²) in [6, 6.07) is 0. The third-order valence-electron chi connectivity index (χ3n) is 5.34. The number of aliphatic hydroxyl groups excluding tert-OH is 1. The highest BCUT2D eigenvalue weighted by molar-refractivity contribution is 5.79. The van der Waals surface area contributed by atoms with E-state index in [0.717, 1.165) is 44.9 Å². The van der Waals surface area contributed by atoms with Gasteiger partial charge >= 0.3 is 0 Å². The summed E-state index contributed by atoms with van der Waals surface area (Å²) in [5.74, 6) is 1.63. The monoisotopic (exact) mass is 326 g/mol. The molecule has 5 nitrogen and oxygen atoms in total. The number of nitrogens with one attached hydrogen (secondary N) is 2.